The van der Waals surface area contributed by atoms with E-state index in [1.54, 1.807) is 6.20 Å². The molecular weight excluding hydrogens is 240 g/mol. The van der Waals surface area contributed by atoms with Crippen LogP contribution < -0.4 is 5.73 Å². The third kappa shape index (κ3) is 3.86. The van der Waals surface area contributed by atoms with Crippen LogP contribution in [0.3, 0.4) is 0 Å². The predicted molar refractivity (Wildman–Crippen MR) is 72.5 cm³/mol. The molecular formula is C14H20N4O. The van der Waals surface area contributed by atoms with Crippen LogP contribution in [0, 0.1) is 5.41 Å². The molecule has 2 rings (SSSR count). The Kier molecular flexibility index (Phi) is 3.95. The molecule has 0 aromatic carbocycles. The van der Waals surface area contributed by atoms with Crippen LogP contribution in [0.1, 0.15) is 38.2 Å². The zero-order valence-corrected chi connectivity index (χ0v) is 11.6. The van der Waals surface area contributed by atoms with Crippen molar-refractivity contribution < 1.29 is 4.52 Å². The first kappa shape index (κ1) is 13.7. The Morgan fingerprint density at radius 2 is 2.11 bits per heavy atom. The van der Waals surface area contributed by atoms with Gasteiger partial charge in [-0.3, -0.25) is 4.98 Å². The Hall–Kier alpha value is -1.75. The molecule has 0 fully saturated rings. The number of hydrogen-bond acceptors (Lipinski definition) is 5. The van der Waals surface area contributed by atoms with Gasteiger partial charge < -0.3 is 10.3 Å². The molecule has 19 heavy (non-hydrogen) atoms. The summed E-state index contributed by atoms with van der Waals surface area (Å²) < 4.78 is 5.23. The molecule has 0 saturated heterocycles. The average molecular weight is 260 g/mol. The standard InChI is InChI=1S/C14H20N4O/c1-14(2,3)11(15)9-13-17-12(18-19-13)8-10-6-4-5-7-16-10/h4-7,11H,8-9,15H2,1-3H3. The molecule has 5 nitrogen and oxygen atoms in total. The maximum absolute atomic E-state index is 6.10. The molecule has 0 bridgehead atoms. The Morgan fingerprint density at radius 1 is 1.32 bits per heavy atom. The van der Waals surface area contributed by atoms with Crippen molar-refractivity contribution in [2.45, 2.75) is 39.7 Å². The van der Waals surface area contributed by atoms with Crippen LogP contribution >= 0.6 is 0 Å². The topological polar surface area (TPSA) is 77.8 Å². The molecule has 0 aliphatic rings. The smallest absolute Gasteiger partial charge is 0.228 e. The maximum atomic E-state index is 6.10. The van der Waals surface area contributed by atoms with Crippen molar-refractivity contribution in [1.29, 1.82) is 0 Å². The van der Waals surface area contributed by atoms with Crippen LogP contribution in [0.2, 0.25) is 0 Å². The molecule has 0 spiro atoms. The molecule has 1 atom stereocenters. The Balaban J connectivity index is 2.00. The molecule has 0 aliphatic heterocycles. The van der Waals surface area contributed by atoms with Gasteiger partial charge in [-0.1, -0.05) is 32.0 Å². The van der Waals surface area contributed by atoms with Crippen molar-refractivity contribution in [2.75, 3.05) is 0 Å². The minimum absolute atomic E-state index is 0.00403. The molecule has 1 unspecified atom stereocenters. The van der Waals surface area contributed by atoms with Gasteiger partial charge in [0, 0.05) is 24.4 Å². The quantitative estimate of drug-likeness (QED) is 0.909. The van der Waals surface area contributed by atoms with E-state index in [1.165, 1.54) is 0 Å². The van der Waals surface area contributed by atoms with E-state index >= 15 is 0 Å². The van der Waals surface area contributed by atoms with Gasteiger partial charge in [-0.2, -0.15) is 4.98 Å². The lowest BCUT2D eigenvalue weighted by atomic mass is 9.85. The molecule has 5 heteroatoms. The minimum atomic E-state index is -0.00403. The van der Waals surface area contributed by atoms with Crippen LogP contribution in [-0.2, 0) is 12.8 Å². The second-order valence-corrected chi connectivity index (χ2v) is 5.78. The predicted octanol–water partition coefficient (Wildman–Crippen LogP) is 1.97. The molecule has 102 valence electrons. The van der Waals surface area contributed by atoms with Crippen LogP contribution in [0.5, 0.6) is 0 Å². The van der Waals surface area contributed by atoms with Crippen molar-refractivity contribution >= 4 is 0 Å². The van der Waals surface area contributed by atoms with Gasteiger partial charge in [0.1, 0.15) is 0 Å². The van der Waals surface area contributed by atoms with Gasteiger partial charge in [0.05, 0.1) is 6.42 Å². The van der Waals surface area contributed by atoms with Crippen LogP contribution in [0.4, 0.5) is 0 Å². The van der Waals surface area contributed by atoms with Gasteiger partial charge >= 0.3 is 0 Å². The first-order valence-corrected chi connectivity index (χ1v) is 6.42. The summed E-state index contributed by atoms with van der Waals surface area (Å²) in [5.74, 6) is 1.24. The highest BCUT2D eigenvalue weighted by atomic mass is 16.5. The van der Waals surface area contributed by atoms with E-state index in [9.17, 15) is 0 Å². The highest BCUT2D eigenvalue weighted by Crippen LogP contribution is 2.20. The highest BCUT2D eigenvalue weighted by Gasteiger charge is 2.23. The van der Waals surface area contributed by atoms with Crippen LogP contribution in [0.15, 0.2) is 28.9 Å². The van der Waals surface area contributed by atoms with Crippen molar-refractivity contribution in [3.63, 3.8) is 0 Å². The fraction of sp³-hybridized carbons (Fsp3) is 0.500. The number of hydrogen-bond donors (Lipinski definition) is 1. The molecule has 0 saturated carbocycles. The summed E-state index contributed by atoms with van der Waals surface area (Å²) in [5.41, 5.74) is 7.05. The van der Waals surface area contributed by atoms with Gasteiger partial charge in [-0.05, 0) is 17.5 Å². The second-order valence-electron chi connectivity index (χ2n) is 5.78. The largest absolute Gasteiger partial charge is 0.339 e. The van der Waals surface area contributed by atoms with E-state index in [-0.39, 0.29) is 11.5 Å². The van der Waals surface area contributed by atoms with Gasteiger partial charge in [-0.15, -0.1) is 0 Å². The molecule has 2 aromatic rings. The summed E-state index contributed by atoms with van der Waals surface area (Å²) in [6.45, 7) is 6.30. The summed E-state index contributed by atoms with van der Waals surface area (Å²) >= 11 is 0. The van der Waals surface area contributed by atoms with Crippen molar-refractivity contribution in [2.24, 2.45) is 11.1 Å². The van der Waals surface area contributed by atoms with E-state index in [2.05, 4.69) is 35.9 Å². The van der Waals surface area contributed by atoms with Gasteiger partial charge in [0.2, 0.25) is 5.89 Å². The van der Waals surface area contributed by atoms with Crippen molar-refractivity contribution in [3.05, 3.63) is 41.8 Å². The SMILES string of the molecule is CC(C)(C)C(N)Cc1nc(Cc2ccccn2)no1. The zero-order chi connectivity index (χ0) is 13.9. The first-order valence-electron chi connectivity index (χ1n) is 6.42. The fourth-order valence-corrected chi connectivity index (χ4v) is 1.60. The van der Waals surface area contributed by atoms with Gasteiger partial charge in [0.25, 0.3) is 0 Å². The lowest BCUT2D eigenvalue weighted by molar-refractivity contribution is 0.285. The molecule has 0 amide bonds. The van der Waals surface area contributed by atoms with E-state index in [0.717, 1.165) is 5.69 Å². The summed E-state index contributed by atoms with van der Waals surface area (Å²) in [5, 5.41) is 3.96. The fourth-order valence-electron chi connectivity index (χ4n) is 1.60. The number of nitrogens with zero attached hydrogens (tertiary/aromatic N) is 3. The molecule has 2 aromatic heterocycles. The van der Waals surface area contributed by atoms with E-state index in [1.807, 2.05) is 18.2 Å². The van der Waals surface area contributed by atoms with Gasteiger partial charge in [0.15, 0.2) is 5.82 Å². The summed E-state index contributed by atoms with van der Waals surface area (Å²) in [7, 11) is 0. The van der Waals surface area contributed by atoms with Gasteiger partial charge in [-0.25, -0.2) is 0 Å². The van der Waals surface area contributed by atoms with Crippen molar-refractivity contribution in [1.82, 2.24) is 15.1 Å². The minimum Gasteiger partial charge on any atom is -0.339 e. The van der Waals surface area contributed by atoms with E-state index < -0.39 is 0 Å². The Labute approximate surface area is 113 Å². The molecule has 2 heterocycles. The molecule has 0 radical (unpaired) electrons. The van der Waals surface area contributed by atoms with E-state index in [4.69, 9.17) is 10.3 Å². The summed E-state index contributed by atoms with van der Waals surface area (Å²) in [4.78, 5) is 8.60. The molecule has 2 N–H and O–H groups in total. The van der Waals surface area contributed by atoms with Crippen molar-refractivity contribution in [3.8, 4) is 0 Å². The summed E-state index contributed by atoms with van der Waals surface area (Å²) in [6.07, 6.45) is 2.93. The third-order valence-electron chi connectivity index (χ3n) is 3.08. The number of nitrogens with two attached hydrogens (primary N) is 1. The summed E-state index contributed by atoms with van der Waals surface area (Å²) in [6, 6.07) is 5.76. The lowest BCUT2D eigenvalue weighted by Gasteiger charge is -2.25. The normalized spacial score (nSPS) is 13.5. The number of pyridine rings is 1. The molecule has 0 aliphatic carbocycles. The average Bonchev–Trinajstić information content (AvgIpc) is 2.76. The zero-order valence-electron chi connectivity index (χ0n) is 11.6. The first-order chi connectivity index (χ1) is 8.95. The maximum Gasteiger partial charge on any atom is 0.228 e. The Morgan fingerprint density at radius 3 is 2.74 bits per heavy atom. The second kappa shape index (κ2) is 5.48. The van der Waals surface area contributed by atoms with E-state index in [0.29, 0.717) is 24.6 Å². The Bertz CT molecular complexity index is 516. The number of rotatable bonds is 4. The highest BCUT2D eigenvalue weighted by molar-refractivity contribution is 5.09. The van der Waals surface area contributed by atoms with Crippen LogP contribution in [0.25, 0.3) is 0 Å². The monoisotopic (exact) mass is 260 g/mol. The lowest BCUT2D eigenvalue weighted by Crippen LogP contribution is -2.37. The van der Waals surface area contributed by atoms with Crippen LogP contribution in [-0.4, -0.2) is 21.2 Å². The number of aromatic nitrogens is 3. The third-order valence-corrected chi connectivity index (χ3v) is 3.08.